The van der Waals surface area contributed by atoms with Crippen LogP contribution in [0.3, 0.4) is 0 Å². The highest BCUT2D eigenvalue weighted by atomic mass is 33.0. The summed E-state index contributed by atoms with van der Waals surface area (Å²) in [6.07, 6.45) is 0. The lowest BCUT2D eigenvalue weighted by Crippen LogP contribution is -2.34. The van der Waals surface area contributed by atoms with Gasteiger partial charge in [0.15, 0.2) is 10.1 Å². The van der Waals surface area contributed by atoms with Crippen molar-refractivity contribution in [3.8, 4) is 0 Å². The van der Waals surface area contributed by atoms with E-state index >= 15 is 0 Å². The van der Waals surface area contributed by atoms with Crippen LogP contribution < -0.4 is 0 Å². The standard InChI is InChI=1S/C17H39P4.CHF3O3S/c1-14(2,3)18-19(15(4,5)6)21(13,17(10,11)12)20(18)16(7,8)9;2-1(3,4)8(5,6)7/h1-13H3;(H,5,6,7)/q+1;/p-1/t18?,19-,20-,21?;/m0./s1. The molecule has 11 heteroatoms. The molecule has 2 atom stereocenters. The van der Waals surface area contributed by atoms with E-state index in [-0.39, 0.29) is 21.9 Å². The fraction of sp³-hybridized carbons (Fsp3) is 1.00. The van der Waals surface area contributed by atoms with Crippen LogP contribution in [0.5, 0.6) is 0 Å². The normalized spacial score (nSPS) is 29.6. The van der Waals surface area contributed by atoms with Gasteiger partial charge in [0.1, 0.15) is 0 Å². The minimum Gasteiger partial charge on any atom is -0.741 e. The second-order valence-electron chi connectivity index (χ2n) is 11.4. The Bertz CT molecular complexity index is 660. The number of hydrogen-bond donors (Lipinski definition) is 0. The second kappa shape index (κ2) is 8.65. The van der Waals surface area contributed by atoms with Crippen molar-refractivity contribution in [1.29, 1.82) is 0 Å². The summed E-state index contributed by atoms with van der Waals surface area (Å²) in [5.74, 6) is 0. The van der Waals surface area contributed by atoms with Crippen LogP contribution in [-0.2, 0) is 10.1 Å². The minimum atomic E-state index is -6.09. The average molecular weight is 516 g/mol. The summed E-state index contributed by atoms with van der Waals surface area (Å²) < 4.78 is 58.9. The van der Waals surface area contributed by atoms with E-state index in [1.807, 2.05) is 0 Å². The highest BCUT2D eigenvalue weighted by Gasteiger charge is 2.78. The fourth-order valence-electron chi connectivity index (χ4n) is 3.33. The lowest BCUT2D eigenvalue weighted by molar-refractivity contribution is -0.0517. The van der Waals surface area contributed by atoms with Crippen LogP contribution in [0.2, 0.25) is 0 Å². The van der Waals surface area contributed by atoms with Crippen molar-refractivity contribution in [2.75, 3.05) is 6.66 Å². The zero-order valence-corrected chi connectivity index (χ0v) is 24.4. The molecule has 1 fully saturated rings. The molecule has 0 amide bonds. The molecule has 0 spiro atoms. The Morgan fingerprint density at radius 2 is 0.931 bits per heavy atom. The molecule has 0 aromatic carbocycles. The molecule has 0 N–H and O–H groups in total. The summed E-state index contributed by atoms with van der Waals surface area (Å²) >= 11 is 0. The largest absolute Gasteiger partial charge is 0.741 e. The third kappa shape index (κ3) is 6.71. The van der Waals surface area contributed by atoms with E-state index in [0.717, 1.165) is 0 Å². The molecule has 0 aromatic rings. The zero-order chi connectivity index (χ0) is 24.2. The third-order valence-electron chi connectivity index (χ3n) is 4.45. The highest BCUT2D eigenvalue weighted by Crippen LogP contribution is 3.33. The molecule has 0 bridgehead atoms. The molecule has 0 aliphatic carbocycles. The molecule has 0 aromatic heterocycles. The molecule has 0 saturated carbocycles. The molecule has 1 aliphatic heterocycles. The molecule has 0 radical (unpaired) electrons. The first-order valence-electron chi connectivity index (χ1n) is 9.41. The molecule has 176 valence electrons. The Labute approximate surface area is 180 Å². The molecule has 1 rings (SSSR count). The Morgan fingerprint density at radius 1 is 0.690 bits per heavy atom. The van der Waals surface area contributed by atoms with E-state index in [4.69, 9.17) is 13.0 Å². The summed E-state index contributed by atoms with van der Waals surface area (Å²) in [4.78, 5) is 0. The maximum atomic E-state index is 10.7. The van der Waals surface area contributed by atoms with Crippen LogP contribution in [0.25, 0.3) is 0 Å². The maximum absolute atomic E-state index is 10.7. The van der Waals surface area contributed by atoms with Crippen LogP contribution in [0.1, 0.15) is 83.1 Å². The first-order chi connectivity index (χ1) is 12.1. The van der Waals surface area contributed by atoms with Gasteiger partial charge < -0.3 is 4.55 Å². The van der Waals surface area contributed by atoms with Gasteiger partial charge in [-0.2, -0.15) is 13.2 Å². The van der Waals surface area contributed by atoms with Gasteiger partial charge in [-0.1, -0.05) is 62.3 Å². The van der Waals surface area contributed by atoms with Crippen molar-refractivity contribution >= 4 is 38.7 Å². The van der Waals surface area contributed by atoms with Gasteiger partial charge in [-0.15, -0.1) is 0 Å². The SMILES string of the molecule is CC(C)(C)P1[P@](C(C)(C)C)[P+](C)(C(C)(C)C)[P@@]1C(C)(C)C.O=S(=O)([O-])C(F)(F)F. The van der Waals surface area contributed by atoms with E-state index in [1.54, 1.807) is 0 Å². The second-order valence-corrected chi connectivity index (χ2v) is 37.5. The topological polar surface area (TPSA) is 57.2 Å². The quantitative estimate of drug-likeness (QED) is 0.183. The zero-order valence-electron chi connectivity index (χ0n) is 20.1. The molecule has 29 heavy (non-hydrogen) atoms. The summed E-state index contributed by atoms with van der Waals surface area (Å²) in [5, 5.41) is 2.09. The van der Waals surface area contributed by atoms with E-state index in [9.17, 15) is 13.2 Å². The van der Waals surface area contributed by atoms with Gasteiger partial charge >= 0.3 is 5.51 Å². The number of halogens is 3. The predicted molar refractivity (Wildman–Crippen MR) is 128 cm³/mol. The van der Waals surface area contributed by atoms with Gasteiger partial charge in [-0.25, -0.2) is 8.42 Å². The highest BCUT2D eigenvalue weighted by molar-refractivity contribution is 9.13. The molecule has 0 unspecified atom stereocenters. The summed E-state index contributed by atoms with van der Waals surface area (Å²) in [6, 6.07) is 0. The van der Waals surface area contributed by atoms with Gasteiger partial charge in [0, 0.05) is 17.6 Å². The summed E-state index contributed by atoms with van der Waals surface area (Å²) in [7, 11) is -5.55. The van der Waals surface area contributed by atoms with Gasteiger partial charge in [-0.05, 0) is 25.9 Å². The van der Waals surface area contributed by atoms with Gasteiger partial charge in [0.25, 0.3) is 0 Å². The lowest BCUT2D eigenvalue weighted by Gasteiger charge is -2.67. The van der Waals surface area contributed by atoms with Crippen molar-refractivity contribution in [2.24, 2.45) is 0 Å². The van der Waals surface area contributed by atoms with Crippen molar-refractivity contribution in [1.82, 2.24) is 0 Å². The van der Waals surface area contributed by atoms with Gasteiger partial charge in [-0.3, -0.25) is 0 Å². The van der Waals surface area contributed by atoms with Crippen molar-refractivity contribution in [3.05, 3.63) is 0 Å². The van der Waals surface area contributed by atoms with E-state index in [2.05, 4.69) is 89.7 Å². The van der Waals surface area contributed by atoms with Gasteiger partial charge in [0.2, 0.25) is 0 Å². The van der Waals surface area contributed by atoms with Gasteiger partial charge in [0.05, 0.1) is 33.1 Å². The van der Waals surface area contributed by atoms with Crippen LogP contribution >= 0.6 is 28.5 Å². The fourth-order valence-corrected chi connectivity index (χ4v) is 72.7. The summed E-state index contributed by atoms with van der Waals surface area (Å²) in [5.41, 5.74) is -5.65. The molecule has 1 saturated heterocycles. The molecular formula is C18H39F3O3P4S. The van der Waals surface area contributed by atoms with E-state index in [1.165, 1.54) is 0 Å². The first kappa shape index (κ1) is 30.4. The molecular weight excluding hydrogens is 477 g/mol. The predicted octanol–water partition coefficient (Wildman–Crippen LogP) is 9.00. The van der Waals surface area contributed by atoms with Crippen LogP contribution in [0, 0.1) is 0 Å². The molecule has 1 aliphatic rings. The van der Waals surface area contributed by atoms with E-state index < -0.39 is 22.3 Å². The van der Waals surface area contributed by atoms with Crippen molar-refractivity contribution in [2.45, 2.75) is 109 Å². The minimum absolute atomic E-state index is 0.177. The Hall–Kier alpha value is 1.42. The monoisotopic (exact) mass is 516 g/mol. The smallest absolute Gasteiger partial charge is 0.485 e. The summed E-state index contributed by atoms with van der Waals surface area (Å²) in [6.45, 7) is 32.4. The third-order valence-corrected chi connectivity index (χ3v) is 55.5. The Balaban J connectivity index is 0.000000828. The Kier molecular flexibility index (Phi) is 9.07. The maximum Gasteiger partial charge on any atom is 0.485 e. The molecule has 1 heterocycles. The first-order valence-corrected chi connectivity index (χ1v) is 19.9. The average Bonchev–Trinajstić information content (AvgIpc) is 2.26. The lowest BCUT2D eigenvalue weighted by atomic mass is 10.3. The van der Waals surface area contributed by atoms with Crippen molar-refractivity contribution in [3.63, 3.8) is 0 Å². The molecule has 3 nitrogen and oxygen atoms in total. The van der Waals surface area contributed by atoms with Crippen LogP contribution in [0.15, 0.2) is 0 Å². The number of alkyl halides is 3. The van der Waals surface area contributed by atoms with E-state index in [0.29, 0.717) is 20.6 Å². The Morgan fingerprint density at radius 3 is 1.03 bits per heavy atom. The number of rotatable bonds is 0. The van der Waals surface area contributed by atoms with Crippen molar-refractivity contribution < 1.29 is 26.1 Å². The van der Waals surface area contributed by atoms with Crippen LogP contribution in [-0.4, -0.2) is 45.8 Å². The van der Waals surface area contributed by atoms with Crippen LogP contribution in [0.4, 0.5) is 13.2 Å². The number of hydrogen-bond acceptors (Lipinski definition) is 3.